The van der Waals surface area contributed by atoms with Crippen LogP contribution in [-0.4, -0.2) is 30.5 Å². The molecular weight excluding hydrogens is 496 g/mol. The zero-order valence-corrected chi connectivity index (χ0v) is 19.0. The van der Waals surface area contributed by atoms with Crippen molar-refractivity contribution in [2.75, 3.05) is 0 Å². The summed E-state index contributed by atoms with van der Waals surface area (Å²) >= 11 is 0.921. The molecule has 4 aromatic rings. The molecule has 0 fully saturated rings. The number of carboxylic acid groups (broad SMARTS) is 1. The number of aliphatic carboxylic acids is 1. The number of aryl methyl sites for hydroxylation is 1. The van der Waals surface area contributed by atoms with Gasteiger partial charge in [0.05, 0.1) is 5.52 Å². The topological polar surface area (TPSA) is 99.3 Å². The van der Waals surface area contributed by atoms with Gasteiger partial charge in [-0.1, -0.05) is 29.8 Å². The largest absolute Gasteiger partial charge is 0.480 e. The van der Waals surface area contributed by atoms with Crippen LogP contribution in [0.4, 0.5) is 17.6 Å². The van der Waals surface area contributed by atoms with Crippen molar-refractivity contribution in [1.82, 2.24) is 9.71 Å². The van der Waals surface area contributed by atoms with Crippen molar-refractivity contribution in [1.29, 1.82) is 0 Å². The van der Waals surface area contributed by atoms with Crippen LogP contribution in [-0.2, 0) is 21.2 Å². The average Bonchev–Trinajstić information content (AvgIpc) is 3.44. The van der Waals surface area contributed by atoms with Gasteiger partial charge in [0.1, 0.15) is 10.3 Å². The van der Waals surface area contributed by atoms with Crippen LogP contribution < -0.4 is 4.72 Å². The fourth-order valence-corrected chi connectivity index (χ4v) is 5.96. The van der Waals surface area contributed by atoms with Crippen molar-refractivity contribution >= 4 is 38.2 Å². The quantitative estimate of drug-likeness (QED) is 0.189. The maximum Gasteiger partial charge on any atom is 0.322 e. The van der Waals surface area contributed by atoms with Gasteiger partial charge in [-0.3, -0.25) is 4.79 Å². The maximum atomic E-state index is 14.3. The number of nitrogens with one attached hydrogen (secondary N) is 2. The smallest absolute Gasteiger partial charge is 0.322 e. The van der Waals surface area contributed by atoms with Gasteiger partial charge in [-0.15, -0.1) is 11.3 Å². The predicted molar refractivity (Wildman–Crippen MR) is 118 cm³/mol. The molecule has 2 aromatic heterocycles. The zero-order valence-electron chi connectivity index (χ0n) is 17.3. The van der Waals surface area contributed by atoms with Crippen LogP contribution in [0.5, 0.6) is 0 Å². The molecule has 0 saturated carbocycles. The average molecular weight is 513 g/mol. The highest BCUT2D eigenvalue weighted by molar-refractivity contribution is 7.91. The summed E-state index contributed by atoms with van der Waals surface area (Å²) in [5.74, 6) is -9.05. The van der Waals surface area contributed by atoms with E-state index in [1.165, 1.54) is 6.07 Å². The number of carbonyl (C=O) groups is 1. The monoisotopic (exact) mass is 512 g/mol. The van der Waals surface area contributed by atoms with Gasteiger partial charge in [-0.25, -0.2) is 26.0 Å². The van der Waals surface area contributed by atoms with Crippen LogP contribution in [0.1, 0.15) is 11.1 Å². The molecule has 0 radical (unpaired) electrons. The van der Waals surface area contributed by atoms with Gasteiger partial charge in [0, 0.05) is 22.9 Å². The highest BCUT2D eigenvalue weighted by Crippen LogP contribution is 2.32. The summed E-state index contributed by atoms with van der Waals surface area (Å²) in [6, 6.07) is 8.45. The van der Waals surface area contributed by atoms with Crippen molar-refractivity contribution < 1.29 is 35.9 Å². The fraction of sp³-hybridized carbons (Fsp3) is 0.136. The Bertz CT molecular complexity index is 1510. The van der Waals surface area contributed by atoms with Gasteiger partial charge in [-0.2, -0.15) is 4.72 Å². The number of fused-ring (bicyclic) bond motifs is 1. The zero-order chi connectivity index (χ0) is 24.8. The molecule has 0 aliphatic carbocycles. The second kappa shape index (κ2) is 8.85. The first-order valence-electron chi connectivity index (χ1n) is 9.73. The number of halogens is 4. The number of H-pyrrole nitrogens is 1. The number of thiophene rings is 1. The molecule has 0 unspecified atom stereocenters. The number of aromatic nitrogens is 1. The molecule has 0 bridgehead atoms. The van der Waals surface area contributed by atoms with Gasteiger partial charge >= 0.3 is 5.97 Å². The number of benzene rings is 2. The lowest BCUT2D eigenvalue weighted by Crippen LogP contribution is -2.42. The molecule has 3 N–H and O–H groups in total. The summed E-state index contributed by atoms with van der Waals surface area (Å²) in [6.45, 7) is 1.91. The Kier molecular flexibility index (Phi) is 6.23. The van der Waals surface area contributed by atoms with E-state index in [0.717, 1.165) is 28.7 Å². The van der Waals surface area contributed by atoms with Gasteiger partial charge in [0.2, 0.25) is 0 Å². The molecule has 2 aromatic carbocycles. The molecule has 1 atom stereocenters. The van der Waals surface area contributed by atoms with Crippen LogP contribution in [0, 0.1) is 30.2 Å². The van der Waals surface area contributed by atoms with Crippen LogP contribution in [0.2, 0.25) is 0 Å². The van der Waals surface area contributed by atoms with E-state index in [1.807, 2.05) is 35.9 Å². The Balaban J connectivity index is 1.63. The summed E-state index contributed by atoms with van der Waals surface area (Å²) < 4.78 is 83.0. The Labute approximate surface area is 194 Å². The molecule has 178 valence electrons. The van der Waals surface area contributed by atoms with Crippen molar-refractivity contribution in [3.8, 4) is 10.4 Å². The van der Waals surface area contributed by atoms with E-state index >= 15 is 0 Å². The first-order valence-corrected chi connectivity index (χ1v) is 12.0. The van der Waals surface area contributed by atoms with E-state index in [4.69, 9.17) is 0 Å². The van der Waals surface area contributed by atoms with Crippen molar-refractivity contribution in [2.24, 2.45) is 0 Å². The van der Waals surface area contributed by atoms with Gasteiger partial charge in [0.15, 0.2) is 23.3 Å². The van der Waals surface area contributed by atoms with Crippen LogP contribution >= 0.6 is 11.3 Å². The number of hydrogen-bond acceptors (Lipinski definition) is 4. The van der Waals surface area contributed by atoms with Gasteiger partial charge in [0.25, 0.3) is 10.0 Å². The molecule has 0 aliphatic rings. The van der Waals surface area contributed by atoms with E-state index in [2.05, 4.69) is 4.98 Å². The Morgan fingerprint density at radius 3 is 2.32 bits per heavy atom. The number of hydrogen-bond donors (Lipinski definition) is 3. The summed E-state index contributed by atoms with van der Waals surface area (Å²) in [5, 5.41) is 8.86. The second-order valence-electron chi connectivity index (χ2n) is 7.52. The normalized spacial score (nSPS) is 12.9. The third-order valence-corrected chi connectivity index (χ3v) is 8.28. The molecule has 34 heavy (non-hydrogen) atoms. The molecule has 2 heterocycles. The number of aromatic amines is 1. The van der Waals surface area contributed by atoms with E-state index < -0.39 is 62.6 Å². The summed E-state index contributed by atoms with van der Waals surface area (Å²) in [6.07, 6.45) is 0.312. The first kappa shape index (κ1) is 23.9. The number of carboxylic acids is 1. The predicted octanol–water partition coefficient (Wildman–Crippen LogP) is 4.74. The third-order valence-electron chi connectivity index (χ3n) is 5.18. The molecule has 6 nitrogen and oxygen atoms in total. The Hall–Kier alpha value is -3.22. The highest BCUT2D eigenvalue weighted by Gasteiger charge is 2.30. The van der Waals surface area contributed by atoms with E-state index in [1.54, 1.807) is 6.07 Å². The highest BCUT2D eigenvalue weighted by atomic mass is 32.2. The fourth-order valence-electron chi connectivity index (χ4n) is 3.44. The second-order valence-corrected chi connectivity index (χ2v) is 10.5. The lowest BCUT2D eigenvalue weighted by Gasteiger charge is -2.14. The Morgan fingerprint density at radius 2 is 1.68 bits per heavy atom. The summed E-state index contributed by atoms with van der Waals surface area (Å²) in [4.78, 5) is 14.6. The molecular formula is C22H16F4N2O4S2. The van der Waals surface area contributed by atoms with E-state index in [-0.39, 0.29) is 9.77 Å². The van der Waals surface area contributed by atoms with Gasteiger partial charge in [-0.05, 0) is 30.2 Å². The van der Waals surface area contributed by atoms with Crippen LogP contribution in [0.3, 0.4) is 0 Å². The minimum Gasteiger partial charge on any atom is -0.480 e. The molecule has 4 rings (SSSR count). The number of rotatable bonds is 7. The summed E-state index contributed by atoms with van der Waals surface area (Å²) in [7, 11) is -4.31. The SMILES string of the molecule is Cc1ccc(-c2ccc(S(=O)(=O)N[C@@H](Cc3c[nH]c4c(F)c(F)c(F)c(F)c34)C(=O)O)s2)cc1. The molecule has 0 aliphatic heterocycles. The van der Waals surface area contributed by atoms with E-state index in [0.29, 0.717) is 4.88 Å². The minimum atomic E-state index is -4.31. The molecule has 0 amide bonds. The molecule has 12 heteroatoms. The van der Waals surface area contributed by atoms with Crippen molar-refractivity contribution in [2.45, 2.75) is 23.6 Å². The van der Waals surface area contributed by atoms with E-state index in [9.17, 15) is 35.9 Å². The van der Waals surface area contributed by atoms with Crippen LogP contribution in [0.15, 0.2) is 46.8 Å². The lowest BCUT2D eigenvalue weighted by atomic mass is 10.0. The molecule has 0 spiro atoms. The summed E-state index contributed by atoms with van der Waals surface area (Å²) in [5.41, 5.74) is 0.860. The van der Waals surface area contributed by atoms with Crippen LogP contribution in [0.25, 0.3) is 21.3 Å². The number of sulfonamides is 1. The lowest BCUT2D eigenvalue weighted by molar-refractivity contribution is -0.138. The van der Waals surface area contributed by atoms with Crippen molar-refractivity contribution in [3.63, 3.8) is 0 Å². The maximum absolute atomic E-state index is 14.3. The minimum absolute atomic E-state index is 0.154. The first-order chi connectivity index (χ1) is 16.0. The van der Waals surface area contributed by atoms with Crippen molar-refractivity contribution in [3.05, 3.63) is 77.0 Å². The standard InChI is InChI=1S/C22H16F4N2O4S2/c1-10-2-4-11(5-3-10)14-6-7-15(33-14)34(31,32)28-13(22(29)30)8-12-9-27-21-16(12)17(23)18(24)19(25)20(21)26/h2-7,9,13,27-28H,8H2,1H3,(H,29,30)/t13-/m0/s1. The van der Waals surface area contributed by atoms with Gasteiger partial charge < -0.3 is 10.1 Å². The Morgan fingerprint density at radius 1 is 1.03 bits per heavy atom. The molecule has 0 saturated heterocycles. The third kappa shape index (κ3) is 4.31.